The minimum atomic E-state index is -4.31. The molecule has 23 heavy (non-hydrogen) atoms. The third-order valence-electron chi connectivity index (χ3n) is 4.34. The van der Waals surface area contributed by atoms with Crippen molar-refractivity contribution in [3.63, 3.8) is 0 Å². The second kappa shape index (κ2) is 7.66. The Labute approximate surface area is 135 Å². The van der Waals surface area contributed by atoms with Gasteiger partial charge in [-0.2, -0.15) is 13.2 Å². The molecule has 0 spiro atoms. The van der Waals surface area contributed by atoms with Gasteiger partial charge in [-0.25, -0.2) is 0 Å². The molecule has 1 aromatic rings. The van der Waals surface area contributed by atoms with Crippen molar-refractivity contribution >= 4 is 5.91 Å². The SMILES string of the molecule is C=CCC(=O)N1CCC[C@H](CCc2ccccc2C(F)(F)F)C1. The summed E-state index contributed by atoms with van der Waals surface area (Å²) in [5.41, 5.74) is -0.204. The first-order chi connectivity index (χ1) is 10.9. The van der Waals surface area contributed by atoms with Gasteiger partial charge in [-0.05, 0) is 43.2 Å². The molecule has 0 aliphatic carbocycles. The highest BCUT2D eigenvalue weighted by molar-refractivity contribution is 5.77. The molecule has 0 N–H and O–H groups in total. The molecule has 0 radical (unpaired) electrons. The molecule has 126 valence electrons. The van der Waals surface area contributed by atoms with E-state index < -0.39 is 11.7 Å². The van der Waals surface area contributed by atoms with Gasteiger partial charge in [0.1, 0.15) is 0 Å². The van der Waals surface area contributed by atoms with Crippen LogP contribution in [0, 0.1) is 5.92 Å². The molecule has 0 aromatic heterocycles. The number of likely N-dealkylation sites (tertiary alicyclic amines) is 1. The zero-order valence-corrected chi connectivity index (χ0v) is 13.1. The molecule has 5 heteroatoms. The van der Waals surface area contributed by atoms with E-state index in [1.165, 1.54) is 6.07 Å². The van der Waals surface area contributed by atoms with Gasteiger partial charge in [0.15, 0.2) is 0 Å². The number of piperidine rings is 1. The Bertz CT molecular complexity index is 553. The zero-order chi connectivity index (χ0) is 16.9. The second-order valence-electron chi connectivity index (χ2n) is 6.03. The first-order valence-corrected chi connectivity index (χ1v) is 7.95. The maximum Gasteiger partial charge on any atom is 0.416 e. The molecule has 1 fully saturated rings. The molecule has 2 nitrogen and oxygen atoms in total. The molecule has 0 bridgehead atoms. The molecular formula is C18H22F3NO. The van der Waals surface area contributed by atoms with Gasteiger partial charge in [0, 0.05) is 19.5 Å². The second-order valence-corrected chi connectivity index (χ2v) is 6.03. The van der Waals surface area contributed by atoms with Crippen LogP contribution in [0.5, 0.6) is 0 Å². The monoisotopic (exact) mass is 325 g/mol. The van der Waals surface area contributed by atoms with Crippen LogP contribution in [0.3, 0.4) is 0 Å². The Morgan fingerprint density at radius 3 is 2.78 bits per heavy atom. The van der Waals surface area contributed by atoms with Crippen molar-refractivity contribution in [2.45, 2.75) is 38.3 Å². The molecule has 1 aromatic carbocycles. The molecule has 1 amide bonds. The maximum atomic E-state index is 13.0. The maximum absolute atomic E-state index is 13.0. The lowest BCUT2D eigenvalue weighted by Crippen LogP contribution is -2.39. The molecule has 0 unspecified atom stereocenters. The molecule has 0 saturated carbocycles. The van der Waals surface area contributed by atoms with Crippen LogP contribution in [0.4, 0.5) is 13.2 Å². The number of alkyl halides is 3. The molecule has 1 aliphatic rings. The van der Waals surface area contributed by atoms with Gasteiger partial charge in [0.25, 0.3) is 0 Å². The Morgan fingerprint density at radius 1 is 1.35 bits per heavy atom. The quantitative estimate of drug-likeness (QED) is 0.732. The van der Waals surface area contributed by atoms with Crippen LogP contribution in [-0.2, 0) is 17.4 Å². The van der Waals surface area contributed by atoms with Crippen molar-refractivity contribution in [2.75, 3.05) is 13.1 Å². The highest BCUT2D eigenvalue weighted by atomic mass is 19.4. The summed E-state index contributed by atoms with van der Waals surface area (Å²) in [7, 11) is 0. The van der Waals surface area contributed by atoms with Crippen LogP contribution in [-0.4, -0.2) is 23.9 Å². The minimum absolute atomic E-state index is 0.0559. The van der Waals surface area contributed by atoms with Crippen molar-refractivity contribution in [1.82, 2.24) is 4.90 Å². The van der Waals surface area contributed by atoms with E-state index in [2.05, 4.69) is 6.58 Å². The van der Waals surface area contributed by atoms with E-state index in [0.29, 0.717) is 31.4 Å². The van der Waals surface area contributed by atoms with Crippen LogP contribution in [0.1, 0.15) is 36.8 Å². The number of halogens is 3. The highest BCUT2D eigenvalue weighted by Crippen LogP contribution is 2.33. The van der Waals surface area contributed by atoms with Crippen molar-refractivity contribution in [1.29, 1.82) is 0 Å². The summed E-state index contributed by atoms with van der Waals surface area (Å²) in [6.07, 6.45) is 0.541. The van der Waals surface area contributed by atoms with Gasteiger partial charge in [-0.1, -0.05) is 24.3 Å². The van der Waals surface area contributed by atoms with Crippen LogP contribution in [0.15, 0.2) is 36.9 Å². The number of rotatable bonds is 5. The van der Waals surface area contributed by atoms with Crippen LogP contribution in [0.2, 0.25) is 0 Å². The summed E-state index contributed by atoms with van der Waals surface area (Å²) in [6.45, 7) is 4.95. The van der Waals surface area contributed by atoms with E-state index in [4.69, 9.17) is 0 Å². The molecule has 1 atom stereocenters. The fourth-order valence-electron chi connectivity index (χ4n) is 3.15. The molecule has 2 rings (SSSR count). The predicted molar refractivity (Wildman–Crippen MR) is 83.9 cm³/mol. The number of aryl methyl sites for hydroxylation is 1. The Kier molecular flexibility index (Phi) is 5.85. The number of benzene rings is 1. The van der Waals surface area contributed by atoms with Gasteiger partial charge < -0.3 is 4.90 Å². The van der Waals surface area contributed by atoms with Crippen molar-refractivity contribution in [3.8, 4) is 0 Å². The van der Waals surface area contributed by atoms with Gasteiger partial charge in [0.05, 0.1) is 5.56 Å². The Morgan fingerprint density at radius 2 is 2.09 bits per heavy atom. The van der Waals surface area contributed by atoms with Gasteiger partial charge >= 0.3 is 6.18 Å². The minimum Gasteiger partial charge on any atom is -0.342 e. The lowest BCUT2D eigenvalue weighted by atomic mass is 9.90. The van der Waals surface area contributed by atoms with Crippen molar-refractivity contribution in [3.05, 3.63) is 48.0 Å². The smallest absolute Gasteiger partial charge is 0.342 e. The van der Waals surface area contributed by atoms with E-state index in [0.717, 1.165) is 25.5 Å². The summed E-state index contributed by atoms with van der Waals surface area (Å²) in [6, 6.07) is 5.75. The number of carbonyl (C=O) groups excluding carboxylic acids is 1. The van der Waals surface area contributed by atoms with E-state index in [-0.39, 0.29) is 11.8 Å². The third kappa shape index (κ3) is 4.85. The Balaban J connectivity index is 1.96. The summed E-state index contributed by atoms with van der Waals surface area (Å²) in [5, 5.41) is 0. The largest absolute Gasteiger partial charge is 0.416 e. The van der Waals surface area contributed by atoms with E-state index in [9.17, 15) is 18.0 Å². The number of hydrogen-bond donors (Lipinski definition) is 0. The standard InChI is InChI=1S/C18H22F3NO/c1-2-6-17(23)22-12-5-7-14(13-22)10-11-15-8-3-4-9-16(15)18(19,20)21/h2-4,8-9,14H,1,5-7,10-13H2/t14-/m1/s1. The first kappa shape index (κ1) is 17.6. The normalized spacial score (nSPS) is 18.7. The van der Waals surface area contributed by atoms with Crippen molar-refractivity contribution in [2.24, 2.45) is 5.92 Å². The topological polar surface area (TPSA) is 20.3 Å². The lowest BCUT2D eigenvalue weighted by Gasteiger charge is -2.33. The predicted octanol–water partition coefficient (Wildman–Crippen LogP) is 4.45. The molecule has 1 heterocycles. The Hall–Kier alpha value is -1.78. The van der Waals surface area contributed by atoms with Gasteiger partial charge in [-0.15, -0.1) is 6.58 Å². The molecular weight excluding hydrogens is 303 g/mol. The van der Waals surface area contributed by atoms with Crippen molar-refractivity contribution < 1.29 is 18.0 Å². The number of nitrogens with zero attached hydrogens (tertiary/aromatic N) is 1. The average molecular weight is 325 g/mol. The first-order valence-electron chi connectivity index (χ1n) is 7.95. The fraction of sp³-hybridized carbons (Fsp3) is 0.500. The number of hydrogen-bond acceptors (Lipinski definition) is 1. The summed E-state index contributed by atoms with van der Waals surface area (Å²) in [5.74, 6) is 0.319. The average Bonchev–Trinajstić information content (AvgIpc) is 2.53. The summed E-state index contributed by atoms with van der Waals surface area (Å²) >= 11 is 0. The van der Waals surface area contributed by atoms with Gasteiger partial charge in [-0.3, -0.25) is 4.79 Å². The summed E-state index contributed by atoms with van der Waals surface area (Å²) in [4.78, 5) is 13.7. The lowest BCUT2D eigenvalue weighted by molar-refractivity contribution is -0.138. The molecule has 1 saturated heterocycles. The third-order valence-corrected chi connectivity index (χ3v) is 4.34. The number of amides is 1. The van der Waals surface area contributed by atoms with E-state index in [1.54, 1.807) is 18.2 Å². The fourth-order valence-corrected chi connectivity index (χ4v) is 3.15. The van der Waals surface area contributed by atoms with Crippen LogP contribution < -0.4 is 0 Å². The van der Waals surface area contributed by atoms with Crippen LogP contribution in [0.25, 0.3) is 0 Å². The van der Waals surface area contributed by atoms with E-state index >= 15 is 0 Å². The molecule has 1 aliphatic heterocycles. The zero-order valence-electron chi connectivity index (χ0n) is 13.1. The number of carbonyl (C=O) groups is 1. The van der Waals surface area contributed by atoms with Gasteiger partial charge in [0.2, 0.25) is 5.91 Å². The van der Waals surface area contributed by atoms with E-state index in [1.807, 2.05) is 4.90 Å². The van der Waals surface area contributed by atoms with Crippen LogP contribution >= 0.6 is 0 Å². The summed E-state index contributed by atoms with van der Waals surface area (Å²) < 4.78 is 39.0. The highest BCUT2D eigenvalue weighted by Gasteiger charge is 2.33.